The van der Waals surface area contributed by atoms with E-state index in [1.807, 2.05) is 42.5 Å². The summed E-state index contributed by atoms with van der Waals surface area (Å²) in [7, 11) is -3.59. The van der Waals surface area contributed by atoms with Gasteiger partial charge in [0, 0.05) is 18.8 Å². The second kappa shape index (κ2) is 7.39. The maximum atomic E-state index is 13.2. The fourth-order valence-electron chi connectivity index (χ4n) is 4.41. The average molecular weight is 428 g/mol. The molecule has 4 rings (SSSR count). The number of anilines is 1. The molecule has 30 heavy (non-hydrogen) atoms. The molecular formula is C23H29N3O3S. The van der Waals surface area contributed by atoms with E-state index in [1.54, 1.807) is 12.1 Å². The van der Waals surface area contributed by atoms with Crippen molar-refractivity contribution >= 4 is 21.6 Å². The Hall–Kier alpha value is -2.38. The molecule has 2 saturated heterocycles. The van der Waals surface area contributed by atoms with Crippen LogP contribution in [0.25, 0.3) is 0 Å². The molecule has 0 saturated carbocycles. The number of piperidine rings is 1. The maximum absolute atomic E-state index is 13.2. The second-order valence-corrected chi connectivity index (χ2v) is 11.1. The van der Waals surface area contributed by atoms with Crippen molar-refractivity contribution in [2.45, 2.75) is 49.5 Å². The Bertz CT molecular complexity index is 1020. The van der Waals surface area contributed by atoms with Crippen molar-refractivity contribution < 1.29 is 13.2 Å². The minimum Gasteiger partial charge on any atom is -0.339 e. The molecule has 0 aromatic heterocycles. The summed E-state index contributed by atoms with van der Waals surface area (Å²) < 4.78 is 27.9. The molecule has 1 amide bonds. The van der Waals surface area contributed by atoms with Crippen LogP contribution in [-0.4, -0.2) is 43.9 Å². The predicted octanol–water partition coefficient (Wildman–Crippen LogP) is 3.10. The molecule has 6 nitrogen and oxygen atoms in total. The smallest absolute Gasteiger partial charge is 0.247 e. The van der Waals surface area contributed by atoms with Gasteiger partial charge in [-0.25, -0.2) is 8.42 Å². The van der Waals surface area contributed by atoms with Crippen LogP contribution in [-0.2, 0) is 20.2 Å². The highest BCUT2D eigenvalue weighted by molar-refractivity contribution is 7.89. The largest absolute Gasteiger partial charge is 0.339 e. The fourth-order valence-corrected chi connectivity index (χ4v) is 5.85. The molecular weight excluding hydrogens is 398 g/mol. The normalized spacial score (nSPS) is 19.8. The summed E-state index contributed by atoms with van der Waals surface area (Å²) in [4.78, 5) is 15.2. The van der Waals surface area contributed by atoms with Gasteiger partial charge < -0.3 is 10.2 Å². The van der Waals surface area contributed by atoms with Gasteiger partial charge in [-0.2, -0.15) is 4.31 Å². The lowest BCUT2D eigenvalue weighted by Crippen LogP contribution is -2.57. The van der Waals surface area contributed by atoms with Crippen LogP contribution in [0, 0.1) is 0 Å². The van der Waals surface area contributed by atoms with Crippen molar-refractivity contribution in [3.63, 3.8) is 0 Å². The highest BCUT2D eigenvalue weighted by Crippen LogP contribution is 2.37. The highest BCUT2D eigenvalue weighted by Gasteiger charge is 2.51. The third kappa shape index (κ3) is 3.50. The molecule has 1 spiro atoms. The Morgan fingerprint density at radius 1 is 0.933 bits per heavy atom. The lowest BCUT2D eigenvalue weighted by atomic mass is 9.86. The number of amides is 1. The van der Waals surface area contributed by atoms with E-state index in [-0.39, 0.29) is 11.3 Å². The Kier molecular flexibility index (Phi) is 5.14. The third-order valence-electron chi connectivity index (χ3n) is 6.31. The summed E-state index contributed by atoms with van der Waals surface area (Å²) in [5.41, 5.74) is 1.35. The minimum absolute atomic E-state index is 0.0158. The molecule has 0 bridgehead atoms. The van der Waals surface area contributed by atoms with Crippen molar-refractivity contribution in [3.05, 3.63) is 60.2 Å². The van der Waals surface area contributed by atoms with Crippen LogP contribution >= 0.6 is 0 Å². The van der Waals surface area contributed by atoms with Gasteiger partial charge in [-0.3, -0.25) is 4.79 Å². The Morgan fingerprint density at radius 3 is 2.10 bits per heavy atom. The SMILES string of the molecule is CC(C)(C)c1ccc(S(=O)(=O)N2CCC3(CC2)C(=O)NCN3c2ccccc2)cc1. The molecule has 0 unspecified atom stereocenters. The quantitative estimate of drug-likeness (QED) is 0.817. The summed E-state index contributed by atoms with van der Waals surface area (Å²) in [6.45, 7) is 7.40. The van der Waals surface area contributed by atoms with Gasteiger partial charge in [-0.1, -0.05) is 51.1 Å². The van der Waals surface area contributed by atoms with Crippen LogP contribution in [0.4, 0.5) is 5.69 Å². The molecule has 0 aliphatic carbocycles. The lowest BCUT2D eigenvalue weighted by Gasteiger charge is -2.42. The lowest BCUT2D eigenvalue weighted by molar-refractivity contribution is -0.124. The molecule has 0 atom stereocenters. The van der Waals surface area contributed by atoms with E-state index in [4.69, 9.17) is 0 Å². The third-order valence-corrected chi connectivity index (χ3v) is 8.23. The standard InChI is InChI=1S/C23H29N3O3S/c1-22(2,3)18-9-11-20(12-10-18)30(28,29)25-15-13-23(14-16-25)21(27)24-17-26(23)19-7-5-4-6-8-19/h4-12H,13-17H2,1-3H3,(H,24,27). The summed E-state index contributed by atoms with van der Waals surface area (Å²) in [5.74, 6) is -0.0158. The van der Waals surface area contributed by atoms with Gasteiger partial charge in [-0.05, 0) is 48.1 Å². The molecule has 1 N–H and O–H groups in total. The first-order valence-electron chi connectivity index (χ1n) is 10.4. The molecule has 2 aromatic rings. The van der Waals surface area contributed by atoms with Gasteiger partial charge in [0.2, 0.25) is 15.9 Å². The van der Waals surface area contributed by atoms with Crippen molar-refractivity contribution in [2.75, 3.05) is 24.7 Å². The number of sulfonamides is 1. The fraction of sp³-hybridized carbons (Fsp3) is 0.435. The van der Waals surface area contributed by atoms with Gasteiger partial charge in [0.15, 0.2) is 0 Å². The summed E-state index contributed by atoms with van der Waals surface area (Å²) in [6.07, 6.45) is 0.931. The molecule has 2 aliphatic heterocycles. The van der Waals surface area contributed by atoms with E-state index in [1.165, 1.54) is 4.31 Å². The van der Waals surface area contributed by atoms with Gasteiger partial charge in [0.05, 0.1) is 11.6 Å². The van der Waals surface area contributed by atoms with Crippen molar-refractivity contribution in [3.8, 4) is 0 Å². The molecule has 2 aromatic carbocycles. The number of hydrogen-bond acceptors (Lipinski definition) is 4. The summed E-state index contributed by atoms with van der Waals surface area (Å²) in [6, 6.07) is 17.0. The van der Waals surface area contributed by atoms with Crippen molar-refractivity contribution in [1.82, 2.24) is 9.62 Å². The number of carbonyl (C=O) groups excluding carboxylic acids is 1. The molecule has 2 fully saturated rings. The monoisotopic (exact) mass is 427 g/mol. The van der Waals surface area contributed by atoms with Crippen LogP contribution in [0.3, 0.4) is 0 Å². The van der Waals surface area contributed by atoms with Crippen molar-refractivity contribution in [1.29, 1.82) is 0 Å². The zero-order valence-electron chi connectivity index (χ0n) is 17.8. The molecule has 7 heteroatoms. The first-order valence-corrected chi connectivity index (χ1v) is 11.8. The zero-order chi connectivity index (χ0) is 21.6. The number of benzene rings is 2. The Morgan fingerprint density at radius 2 is 1.53 bits per heavy atom. The van der Waals surface area contributed by atoms with E-state index in [0.717, 1.165) is 11.3 Å². The van der Waals surface area contributed by atoms with E-state index >= 15 is 0 Å². The topological polar surface area (TPSA) is 69.7 Å². The average Bonchev–Trinajstić information content (AvgIpc) is 3.04. The van der Waals surface area contributed by atoms with Gasteiger partial charge >= 0.3 is 0 Å². The van der Waals surface area contributed by atoms with Crippen molar-refractivity contribution in [2.24, 2.45) is 0 Å². The summed E-state index contributed by atoms with van der Waals surface area (Å²) in [5, 5.41) is 2.95. The van der Waals surface area contributed by atoms with Crippen LogP contribution in [0.1, 0.15) is 39.2 Å². The highest BCUT2D eigenvalue weighted by atomic mass is 32.2. The predicted molar refractivity (Wildman–Crippen MR) is 118 cm³/mol. The number of hydrogen-bond donors (Lipinski definition) is 1. The molecule has 0 radical (unpaired) electrons. The Balaban J connectivity index is 1.54. The Labute approximate surface area is 178 Å². The number of para-hydroxylation sites is 1. The number of rotatable bonds is 3. The number of nitrogens with one attached hydrogen (secondary N) is 1. The maximum Gasteiger partial charge on any atom is 0.247 e. The molecule has 160 valence electrons. The molecule has 2 heterocycles. The number of carbonyl (C=O) groups is 1. The van der Waals surface area contributed by atoms with Crippen LogP contribution in [0.5, 0.6) is 0 Å². The van der Waals surface area contributed by atoms with Crippen LogP contribution < -0.4 is 10.2 Å². The van der Waals surface area contributed by atoms with E-state index in [9.17, 15) is 13.2 Å². The van der Waals surface area contributed by atoms with Gasteiger partial charge in [0.1, 0.15) is 5.54 Å². The van der Waals surface area contributed by atoms with Crippen LogP contribution in [0.15, 0.2) is 59.5 Å². The number of nitrogens with zero attached hydrogens (tertiary/aromatic N) is 2. The first kappa shape index (κ1) is 20.9. The summed E-state index contributed by atoms with van der Waals surface area (Å²) >= 11 is 0. The molecule has 2 aliphatic rings. The minimum atomic E-state index is -3.59. The van der Waals surface area contributed by atoms with Gasteiger partial charge in [-0.15, -0.1) is 0 Å². The zero-order valence-corrected chi connectivity index (χ0v) is 18.6. The van der Waals surface area contributed by atoms with Gasteiger partial charge in [0.25, 0.3) is 0 Å². The van der Waals surface area contributed by atoms with E-state index in [2.05, 4.69) is 31.0 Å². The van der Waals surface area contributed by atoms with E-state index < -0.39 is 15.6 Å². The van der Waals surface area contributed by atoms with E-state index in [0.29, 0.717) is 37.5 Å². The first-order chi connectivity index (χ1) is 14.1. The van der Waals surface area contributed by atoms with Crippen LogP contribution in [0.2, 0.25) is 0 Å². The second-order valence-electron chi connectivity index (χ2n) is 9.14.